The van der Waals surface area contributed by atoms with Crippen LogP contribution in [0.15, 0.2) is 45.7 Å². The normalized spacial score (nSPS) is 10.4. The number of hydrogen-bond donors (Lipinski definition) is 2. The van der Waals surface area contributed by atoms with E-state index in [1.54, 1.807) is 32.0 Å². The molecule has 7 nitrogen and oxygen atoms in total. The molecule has 1 aromatic heterocycles. The molecular weight excluding hydrogens is 512 g/mol. The van der Waals surface area contributed by atoms with Crippen LogP contribution >= 0.6 is 15.9 Å². The van der Waals surface area contributed by atoms with Gasteiger partial charge in [0.1, 0.15) is 28.5 Å². The highest BCUT2D eigenvalue weighted by atomic mass is 79.9. The van der Waals surface area contributed by atoms with E-state index in [1.165, 1.54) is 10.6 Å². The van der Waals surface area contributed by atoms with Crippen molar-refractivity contribution in [3.05, 3.63) is 85.4 Å². The third-order valence-electron chi connectivity index (χ3n) is 4.65. The van der Waals surface area contributed by atoms with E-state index in [0.717, 1.165) is 17.7 Å². The van der Waals surface area contributed by atoms with Gasteiger partial charge >= 0.3 is 0 Å². The van der Waals surface area contributed by atoms with Gasteiger partial charge < -0.3 is 15.2 Å². The highest BCUT2D eigenvalue weighted by Gasteiger charge is 2.18. The number of hydrogen-bond acceptors (Lipinski definition) is 5. The van der Waals surface area contributed by atoms with Crippen LogP contribution < -0.4 is 15.6 Å². The van der Waals surface area contributed by atoms with Gasteiger partial charge in [0.25, 0.3) is 11.5 Å². The number of rotatable bonds is 7. The third-order valence-corrected chi connectivity index (χ3v) is 5.33. The van der Waals surface area contributed by atoms with Crippen molar-refractivity contribution < 1.29 is 23.4 Å². The molecule has 2 N–H and O–H groups in total. The molecule has 34 heavy (non-hydrogen) atoms. The molecule has 182 valence electrons. The van der Waals surface area contributed by atoms with Crippen LogP contribution in [0.1, 0.15) is 41.2 Å². The van der Waals surface area contributed by atoms with Crippen LogP contribution in [0.3, 0.4) is 0 Å². The van der Waals surface area contributed by atoms with Crippen LogP contribution in [-0.2, 0) is 6.61 Å². The molecule has 10 heteroatoms. The summed E-state index contributed by atoms with van der Waals surface area (Å²) in [5.41, 5.74) is 1.12. The van der Waals surface area contributed by atoms with E-state index in [2.05, 4.69) is 26.2 Å². The van der Waals surface area contributed by atoms with Gasteiger partial charge in [-0.1, -0.05) is 19.9 Å². The number of aliphatic hydroxyl groups is 1. The lowest BCUT2D eigenvalue weighted by molar-refractivity contribution is 0.0944. The van der Waals surface area contributed by atoms with Gasteiger partial charge in [0.15, 0.2) is 0 Å². The second kappa shape index (κ2) is 12.4. The second-order valence-electron chi connectivity index (χ2n) is 6.92. The summed E-state index contributed by atoms with van der Waals surface area (Å²) in [6.45, 7) is 7.04. The van der Waals surface area contributed by atoms with Crippen molar-refractivity contribution in [2.75, 3.05) is 13.2 Å². The molecule has 0 atom stereocenters. The Hall–Kier alpha value is -3.11. The van der Waals surface area contributed by atoms with Crippen LogP contribution in [0.5, 0.6) is 5.88 Å². The van der Waals surface area contributed by atoms with Gasteiger partial charge in [-0.3, -0.25) is 14.2 Å². The fraction of sp³-hybridized carbons (Fsp3) is 0.292. The van der Waals surface area contributed by atoms with Crippen LogP contribution in [0.2, 0.25) is 0 Å². The first-order chi connectivity index (χ1) is 16.2. The molecule has 0 aliphatic heterocycles. The highest BCUT2D eigenvalue weighted by Crippen LogP contribution is 2.24. The highest BCUT2D eigenvalue weighted by molar-refractivity contribution is 9.10. The van der Waals surface area contributed by atoms with Gasteiger partial charge in [-0.15, -0.1) is 0 Å². The van der Waals surface area contributed by atoms with Crippen molar-refractivity contribution in [1.29, 1.82) is 0 Å². The van der Waals surface area contributed by atoms with E-state index in [1.807, 2.05) is 13.8 Å². The zero-order valence-corrected chi connectivity index (χ0v) is 20.9. The molecule has 0 aliphatic rings. The third kappa shape index (κ3) is 6.27. The number of aliphatic hydroxyl groups excluding tert-OH is 1. The van der Waals surface area contributed by atoms with E-state index < -0.39 is 17.2 Å². The van der Waals surface area contributed by atoms with E-state index in [0.29, 0.717) is 11.3 Å². The van der Waals surface area contributed by atoms with Gasteiger partial charge in [0, 0.05) is 23.7 Å². The maximum Gasteiger partial charge on any atom is 0.276 e. The van der Waals surface area contributed by atoms with Crippen molar-refractivity contribution in [2.24, 2.45) is 0 Å². The Morgan fingerprint density at radius 1 is 1.18 bits per heavy atom. The van der Waals surface area contributed by atoms with E-state index >= 15 is 0 Å². The Morgan fingerprint density at radius 2 is 1.88 bits per heavy atom. The van der Waals surface area contributed by atoms with Crippen LogP contribution in [0, 0.1) is 25.5 Å². The molecule has 0 radical (unpaired) electrons. The number of halogens is 3. The van der Waals surface area contributed by atoms with Crippen molar-refractivity contribution in [2.45, 2.75) is 34.3 Å². The number of amides is 1. The Morgan fingerprint density at radius 3 is 2.53 bits per heavy atom. The summed E-state index contributed by atoms with van der Waals surface area (Å²) in [4.78, 5) is 29.6. The summed E-state index contributed by atoms with van der Waals surface area (Å²) < 4.78 is 33.8. The molecule has 1 heterocycles. The molecule has 1 amide bonds. The van der Waals surface area contributed by atoms with Gasteiger partial charge in [0.2, 0.25) is 5.88 Å². The molecule has 0 saturated carbocycles. The number of carbonyl (C=O) groups excluding carboxylic acids is 1. The maximum absolute atomic E-state index is 13.9. The molecule has 2 aromatic carbocycles. The van der Waals surface area contributed by atoms with Crippen molar-refractivity contribution in [3.63, 3.8) is 0 Å². The molecule has 3 rings (SSSR count). The fourth-order valence-electron chi connectivity index (χ4n) is 3.01. The van der Waals surface area contributed by atoms with Crippen molar-refractivity contribution >= 4 is 21.8 Å². The Balaban J connectivity index is 0.00000199. The summed E-state index contributed by atoms with van der Waals surface area (Å²) in [6, 6.07) is 7.98. The van der Waals surface area contributed by atoms with Gasteiger partial charge in [-0.05, 0) is 59.6 Å². The zero-order chi connectivity index (χ0) is 25.4. The maximum atomic E-state index is 13.9. The molecule has 0 fully saturated rings. The van der Waals surface area contributed by atoms with E-state index in [4.69, 9.17) is 9.84 Å². The van der Waals surface area contributed by atoms with Crippen LogP contribution in [0.25, 0.3) is 5.69 Å². The summed E-state index contributed by atoms with van der Waals surface area (Å²) in [7, 11) is 0. The quantitative estimate of drug-likeness (QED) is 0.470. The minimum atomic E-state index is -0.766. The number of nitrogens with one attached hydrogen (secondary N) is 1. The first kappa shape index (κ1) is 27.1. The van der Waals surface area contributed by atoms with Gasteiger partial charge in [-0.25, -0.2) is 8.78 Å². The standard InChI is InChI=1S/C22H20BrF2N3O4.C2H6/c1-12-3-4-14(20(30)26-7-8-29)9-18(12)28-13(2)27-21(19(23)22(28)31)32-11-15-5-6-16(24)10-17(15)25;1-2/h3-6,9-10,29H,7-8,11H2,1-2H3,(H,26,30);1-2H3. The number of nitrogens with zero attached hydrogens (tertiary/aromatic N) is 2. The Bertz CT molecular complexity index is 1230. The average Bonchev–Trinajstić information content (AvgIpc) is 2.82. The number of carbonyl (C=O) groups is 1. The molecule has 0 aliphatic carbocycles. The van der Waals surface area contributed by atoms with E-state index in [9.17, 15) is 18.4 Å². The molecule has 0 unspecified atom stereocenters. The Labute approximate surface area is 204 Å². The van der Waals surface area contributed by atoms with Gasteiger partial charge in [-0.2, -0.15) is 4.98 Å². The SMILES string of the molecule is CC.Cc1ccc(C(=O)NCCO)cc1-n1c(C)nc(OCc2ccc(F)cc2F)c(Br)c1=O. The van der Waals surface area contributed by atoms with Gasteiger partial charge in [0.05, 0.1) is 12.3 Å². The predicted octanol–water partition coefficient (Wildman–Crippen LogP) is 4.22. The topological polar surface area (TPSA) is 93.5 Å². The lowest BCUT2D eigenvalue weighted by Crippen LogP contribution is -2.27. The first-order valence-electron chi connectivity index (χ1n) is 10.6. The number of aryl methyl sites for hydroxylation is 2. The summed E-state index contributed by atoms with van der Waals surface area (Å²) in [5, 5.41) is 11.5. The lowest BCUT2D eigenvalue weighted by atomic mass is 10.1. The molecular formula is C24H26BrF2N3O4. The smallest absolute Gasteiger partial charge is 0.276 e. The predicted molar refractivity (Wildman–Crippen MR) is 128 cm³/mol. The van der Waals surface area contributed by atoms with Crippen LogP contribution in [-0.4, -0.2) is 33.7 Å². The Kier molecular flexibility index (Phi) is 9.88. The number of benzene rings is 2. The monoisotopic (exact) mass is 537 g/mol. The minimum absolute atomic E-state index is 0.0140. The number of ether oxygens (including phenoxy) is 1. The van der Waals surface area contributed by atoms with E-state index in [-0.39, 0.29) is 47.4 Å². The largest absolute Gasteiger partial charge is 0.472 e. The summed E-state index contributed by atoms with van der Waals surface area (Å²) in [5.74, 6) is -1.62. The minimum Gasteiger partial charge on any atom is -0.472 e. The molecule has 0 saturated heterocycles. The first-order valence-corrected chi connectivity index (χ1v) is 11.4. The fourth-order valence-corrected chi connectivity index (χ4v) is 3.39. The molecule has 0 spiro atoms. The second-order valence-corrected chi connectivity index (χ2v) is 7.72. The summed E-state index contributed by atoms with van der Waals surface area (Å²) in [6.07, 6.45) is 0. The molecule has 0 bridgehead atoms. The lowest BCUT2D eigenvalue weighted by Gasteiger charge is -2.16. The number of aromatic nitrogens is 2. The summed E-state index contributed by atoms with van der Waals surface area (Å²) >= 11 is 3.19. The molecule has 3 aromatic rings. The average molecular weight is 538 g/mol. The van der Waals surface area contributed by atoms with Crippen molar-refractivity contribution in [3.8, 4) is 11.6 Å². The zero-order valence-electron chi connectivity index (χ0n) is 19.3. The van der Waals surface area contributed by atoms with Crippen molar-refractivity contribution in [1.82, 2.24) is 14.9 Å². The van der Waals surface area contributed by atoms with Crippen LogP contribution in [0.4, 0.5) is 8.78 Å².